The molecule has 2 N–H and O–H groups in total. The van der Waals surface area contributed by atoms with Crippen LogP contribution in [0.25, 0.3) is 23.2 Å². The first kappa shape index (κ1) is 22.7. The van der Waals surface area contributed by atoms with Crippen LogP contribution in [0, 0.1) is 13.8 Å². The molecule has 1 fully saturated rings. The highest BCUT2D eigenvalue weighted by Crippen LogP contribution is 2.32. The van der Waals surface area contributed by atoms with E-state index in [2.05, 4.69) is 10.1 Å². The van der Waals surface area contributed by atoms with Crippen LogP contribution in [0.3, 0.4) is 0 Å². The molecule has 1 saturated heterocycles. The van der Waals surface area contributed by atoms with Gasteiger partial charge in [-0.1, -0.05) is 29.3 Å². The summed E-state index contributed by atoms with van der Waals surface area (Å²) in [6, 6.07) is 11.2. The number of nitrogens with two attached hydrogens (primary N) is 1. The lowest BCUT2D eigenvalue weighted by Crippen LogP contribution is -2.58. The van der Waals surface area contributed by atoms with Crippen molar-refractivity contribution >= 4 is 27.7 Å². The Labute approximate surface area is 189 Å². The topological polar surface area (TPSA) is 111 Å². The molecule has 0 bridgehead atoms. The van der Waals surface area contributed by atoms with Gasteiger partial charge in [0.25, 0.3) is 11.8 Å². The number of nitrogens with zero attached hydrogens (tertiary/aromatic N) is 4. The number of halogens is 2. The van der Waals surface area contributed by atoms with Crippen LogP contribution < -0.4 is 5.73 Å². The molecule has 2 aromatic carbocycles. The number of aromatic nitrogens is 3. The number of carbonyl (C=O) groups is 1. The number of benzene rings is 2. The predicted octanol–water partition coefficient (Wildman–Crippen LogP) is 2.68. The average Bonchev–Trinajstić information content (AvgIpc) is 3.18. The molecule has 172 valence electrons. The van der Waals surface area contributed by atoms with Gasteiger partial charge in [0.2, 0.25) is 10.0 Å². The van der Waals surface area contributed by atoms with E-state index in [4.69, 9.17) is 5.73 Å². The molecule has 0 saturated carbocycles. The minimum Gasteiger partial charge on any atom is -0.366 e. The van der Waals surface area contributed by atoms with Crippen molar-refractivity contribution in [1.29, 1.82) is 0 Å². The Kier molecular flexibility index (Phi) is 5.62. The van der Waals surface area contributed by atoms with Gasteiger partial charge >= 0.3 is 0 Å². The lowest BCUT2D eigenvalue weighted by Gasteiger charge is -2.37. The van der Waals surface area contributed by atoms with Crippen LogP contribution in [0.15, 0.2) is 53.7 Å². The van der Waals surface area contributed by atoms with Crippen molar-refractivity contribution < 1.29 is 22.0 Å². The molecule has 1 aliphatic rings. The van der Waals surface area contributed by atoms with Crippen molar-refractivity contribution in [1.82, 2.24) is 19.1 Å². The number of carbonyl (C=O) groups excluding carboxylic acids is 1. The third-order valence-electron chi connectivity index (χ3n) is 5.13. The third-order valence-corrected chi connectivity index (χ3v) is 6.94. The first-order valence-corrected chi connectivity index (χ1v) is 11.4. The van der Waals surface area contributed by atoms with E-state index in [9.17, 15) is 22.0 Å². The SMILES string of the molecule is Cc1cc(C)cc(-c2ncn(/C=C(/C(N)=O)c3ccc(S(=O)(=O)N4CC(F)(F)C4)cc3)n2)c1. The highest BCUT2D eigenvalue weighted by atomic mass is 32.2. The number of sulfonamides is 1. The number of rotatable bonds is 6. The minimum atomic E-state index is -4.04. The molecule has 1 aromatic heterocycles. The zero-order chi connectivity index (χ0) is 24.0. The van der Waals surface area contributed by atoms with Crippen molar-refractivity contribution in [2.75, 3.05) is 13.1 Å². The molecule has 1 amide bonds. The summed E-state index contributed by atoms with van der Waals surface area (Å²) in [5.74, 6) is -3.30. The maximum Gasteiger partial charge on any atom is 0.275 e. The van der Waals surface area contributed by atoms with Crippen molar-refractivity contribution in [3.63, 3.8) is 0 Å². The van der Waals surface area contributed by atoms with Crippen LogP contribution in [0.4, 0.5) is 8.78 Å². The Balaban J connectivity index is 1.61. The van der Waals surface area contributed by atoms with Crippen LogP contribution in [0.5, 0.6) is 0 Å². The van der Waals surface area contributed by atoms with Crippen molar-refractivity contribution in [2.24, 2.45) is 5.73 Å². The Hall–Kier alpha value is -3.44. The van der Waals surface area contributed by atoms with E-state index >= 15 is 0 Å². The first-order valence-electron chi connectivity index (χ1n) is 9.94. The molecule has 0 unspecified atom stereocenters. The molecule has 2 heterocycles. The lowest BCUT2D eigenvalue weighted by molar-refractivity contribution is -0.112. The quantitative estimate of drug-likeness (QED) is 0.554. The van der Waals surface area contributed by atoms with E-state index in [1.807, 2.05) is 32.0 Å². The summed E-state index contributed by atoms with van der Waals surface area (Å²) in [7, 11) is -4.04. The maximum absolute atomic E-state index is 13.1. The second-order valence-electron chi connectivity index (χ2n) is 7.99. The van der Waals surface area contributed by atoms with Gasteiger partial charge in [-0.15, -0.1) is 5.10 Å². The van der Waals surface area contributed by atoms with E-state index in [1.165, 1.54) is 41.5 Å². The highest BCUT2D eigenvalue weighted by molar-refractivity contribution is 7.89. The fourth-order valence-electron chi connectivity index (χ4n) is 3.58. The van der Waals surface area contributed by atoms with Crippen LogP contribution in [0.2, 0.25) is 0 Å². The highest BCUT2D eigenvalue weighted by Gasteiger charge is 2.49. The number of hydrogen-bond acceptors (Lipinski definition) is 5. The molecule has 0 radical (unpaired) electrons. The second-order valence-corrected chi connectivity index (χ2v) is 9.92. The Morgan fingerprint density at radius 2 is 1.70 bits per heavy atom. The van der Waals surface area contributed by atoms with Gasteiger partial charge in [-0.25, -0.2) is 26.9 Å². The number of aryl methyl sites for hydroxylation is 2. The molecular formula is C22H21F2N5O3S. The smallest absolute Gasteiger partial charge is 0.275 e. The van der Waals surface area contributed by atoms with E-state index in [-0.39, 0.29) is 10.5 Å². The van der Waals surface area contributed by atoms with Crippen molar-refractivity contribution in [2.45, 2.75) is 24.7 Å². The molecule has 4 rings (SSSR count). The fraction of sp³-hybridized carbons (Fsp3) is 0.227. The van der Waals surface area contributed by atoms with Gasteiger partial charge in [0.1, 0.15) is 6.33 Å². The van der Waals surface area contributed by atoms with Crippen LogP contribution in [-0.2, 0) is 14.8 Å². The summed E-state index contributed by atoms with van der Waals surface area (Å²) in [6.07, 6.45) is 2.82. The van der Waals surface area contributed by atoms with Crippen LogP contribution in [-0.4, -0.2) is 52.4 Å². The number of amides is 1. The lowest BCUT2D eigenvalue weighted by atomic mass is 10.1. The molecule has 8 nitrogen and oxygen atoms in total. The molecule has 33 heavy (non-hydrogen) atoms. The molecule has 1 aliphatic heterocycles. The second kappa shape index (κ2) is 8.16. The molecule has 3 aromatic rings. The first-order chi connectivity index (χ1) is 15.4. The van der Waals surface area contributed by atoms with Crippen molar-refractivity contribution in [3.05, 3.63) is 65.5 Å². The summed E-state index contributed by atoms with van der Waals surface area (Å²) >= 11 is 0. The van der Waals surface area contributed by atoms with E-state index in [0.717, 1.165) is 16.7 Å². The molecule has 11 heteroatoms. The molecular weight excluding hydrogens is 452 g/mol. The summed E-state index contributed by atoms with van der Waals surface area (Å²) in [5, 5.41) is 4.37. The number of hydrogen-bond donors (Lipinski definition) is 1. The van der Waals surface area contributed by atoms with Crippen LogP contribution in [0.1, 0.15) is 16.7 Å². The molecule has 0 atom stereocenters. The average molecular weight is 474 g/mol. The van der Waals surface area contributed by atoms with E-state index in [0.29, 0.717) is 15.7 Å². The van der Waals surface area contributed by atoms with Gasteiger partial charge in [0.15, 0.2) is 5.82 Å². The van der Waals surface area contributed by atoms with Gasteiger partial charge < -0.3 is 5.73 Å². The fourth-order valence-corrected chi connectivity index (χ4v) is 5.08. The van der Waals surface area contributed by atoms with Gasteiger partial charge in [-0.2, -0.15) is 4.31 Å². The zero-order valence-corrected chi connectivity index (χ0v) is 18.7. The Morgan fingerprint density at radius 3 is 2.24 bits per heavy atom. The zero-order valence-electron chi connectivity index (χ0n) is 17.9. The predicted molar refractivity (Wildman–Crippen MR) is 118 cm³/mol. The summed E-state index contributed by atoms with van der Waals surface area (Å²) in [4.78, 5) is 16.2. The molecule has 0 spiro atoms. The standard InChI is InChI=1S/C22H21F2N5O3S/c1-14-7-15(2)9-17(8-14)21-26-13-28(27-21)10-19(20(25)30)16-3-5-18(6-4-16)33(31,32)29-11-22(23,24)12-29/h3-10,13H,11-12H2,1-2H3,(H2,25,30)/b19-10+. The summed E-state index contributed by atoms with van der Waals surface area (Å²) < 4.78 is 53.1. The number of primary amides is 1. The molecule has 0 aliphatic carbocycles. The number of alkyl halides is 2. The Bertz CT molecular complexity index is 1340. The monoisotopic (exact) mass is 473 g/mol. The summed E-state index contributed by atoms with van der Waals surface area (Å²) in [6.45, 7) is 2.24. The largest absolute Gasteiger partial charge is 0.366 e. The third kappa shape index (κ3) is 4.69. The van der Waals surface area contributed by atoms with E-state index < -0.39 is 34.9 Å². The van der Waals surface area contributed by atoms with Gasteiger partial charge in [0, 0.05) is 11.8 Å². The summed E-state index contributed by atoms with van der Waals surface area (Å²) in [5.41, 5.74) is 8.90. The van der Waals surface area contributed by atoms with E-state index in [1.54, 1.807) is 0 Å². The Morgan fingerprint density at radius 1 is 1.09 bits per heavy atom. The minimum absolute atomic E-state index is 0.0753. The normalized spacial score (nSPS) is 16.4. The van der Waals surface area contributed by atoms with Crippen LogP contribution >= 0.6 is 0 Å². The van der Waals surface area contributed by atoms with Crippen molar-refractivity contribution in [3.8, 4) is 11.4 Å². The van der Waals surface area contributed by atoms with Gasteiger partial charge in [0.05, 0.1) is 23.6 Å². The maximum atomic E-state index is 13.1. The van der Waals surface area contributed by atoms with Gasteiger partial charge in [-0.3, -0.25) is 4.79 Å². The van der Waals surface area contributed by atoms with Gasteiger partial charge in [-0.05, 0) is 43.7 Å².